The number of nitrogens with one attached hydrogen (secondary N) is 2. The Kier molecular flexibility index (Phi) is 9.45. The lowest BCUT2D eigenvalue weighted by atomic mass is 9.92. The Morgan fingerprint density at radius 2 is 1.51 bits per heavy atom. The van der Waals surface area contributed by atoms with Crippen LogP contribution in [0, 0.1) is 5.92 Å². The first-order valence-electron chi connectivity index (χ1n) is 11.6. The summed E-state index contributed by atoms with van der Waals surface area (Å²) in [6.07, 6.45) is 1.48. The maximum atomic E-state index is 12.9. The minimum absolute atomic E-state index is 0.0111. The summed E-state index contributed by atoms with van der Waals surface area (Å²) >= 11 is 0. The topological polar surface area (TPSA) is 133 Å². The van der Waals surface area contributed by atoms with E-state index in [9.17, 15) is 18.0 Å². The second-order valence-corrected chi connectivity index (χ2v) is 9.40. The van der Waals surface area contributed by atoms with E-state index in [-0.39, 0.29) is 23.9 Å². The second-order valence-electron chi connectivity index (χ2n) is 7.72. The van der Waals surface area contributed by atoms with Crippen LogP contribution < -0.4 is 14.8 Å². The monoisotopic (exact) mass is 527 g/mol. The number of nitrogens with zero attached hydrogens (tertiary/aromatic N) is 1. The number of hydrogen-bond acceptors (Lipinski definition) is 9. The van der Waals surface area contributed by atoms with Gasteiger partial charge in [-0.1, -0.05) is 18.2 Å². The van der Waals surface area contributed by atoms with Crippen molar-refractivity contribution >= 4 is 33.5 Å². The number of hydrogen-bond donors (Lipinski definition) is 2. The lowest BCUT2D eigenvalue weighted by Crippen LogP contribution is -2.36. The van der Waals surface area contributed by atoms with Crippen molar-refractivity contribution in [2.24, 2.45) is 5.92 Å². The minimum Gasteiger partial charge on any atom is -0.497 e. The molecule has 0 bridgehead atoms. The highest BCUT2D eigenvalue weighted by atomic mass is 32.2. The molecule has 11 heteroatoms. The SMILES string of the molecule is CCOC(=O)C(C(=O)OCC)C(Nc1ccc(S(=O)(=O)Nc2ccccn2)cc1)c1ccc(OC)cc1. The van der Waals surface area contributed by atoms with Crippen LogP contribution in [0.1, 0.15) is 25.5 Å². The number of pyridine rings is 1. The van der Waals surface area contributed by atoms with Crippen LogP contribution in [0.25, 0.3) is 0 Å². The lowest BCUT2D eigenvalue weighted by molar-refractivity contribution is -0.162. The summed E-state index contributed by atoms with van der Waals surface area (Å²) in [5, 5.41) is 3.17. The molecule has 1 atom stereocenters. The van der Waals surface area contributed by atoms with Crippen LogP contribution in [0.3, 0.4) is 0 Å². The molecule has 0 aliphatic rings. The van der Waals surface area contributed by atoms with Crippen molar-refractivity contribution in [1.82, 2.24) is 4.98 Å². The molecular weight excluding hydrogens is 498 g/mol. The number of methoxy groups -OCH3 is 1. The van der Waals surface area contributed by atoms with Gasteiger partial charge in [-0.3, -0.25) is 14.3 Å². The predicted molar refractivity (Wildman–Crippen MR) is 138 cm³/mol. The van der Waals surface area contributed by atoms with Crippen molar-refractivity contribution in [2.45, 2.75) is 24.8 Å². The van der Waals surface area contributed by atoms with Gasteiger partial charge in [0.1, 0.15) is 11.6 Å². The Balaban J connectivity index is 1.93. The van der Waals surface area contributed by atoms with Crippen molar-refractivity contribution < 1.29 is 32.2 Å². The van der Waals surface area contributed by atoms with Crippen molar-refractivity contribution in [1.29, 1.82) is 0 Å². The molecule has 1 heterocycles. The average Bonchev–Trinajstić information content (AvgIpc) is 2.89. The quantitative estimate of drug-likeness (QED) is 0.267. The van der Waals surface area contributed by atoms with Gasteiger partial charge in [-0.05, 0) is 67.9 Å². The zero-order valence-corrected chi connectivity index (χ0v) is 21.5. The number of ether oxygens (including phenoxy) is 3. The van der Waals surface area contributed by atoms with Gasteiger partial charge in [0.2, 0.25) is 0 Å². The molecule has 1 aromatic heterocycles. The fraction of sp³-hybridized carbons (Fsp3) is 0.269. The van der Waals surface area contributed by atoms with Crippen molar-refractivity contribution in [3.05, 3.63) is 78.5 Å². The van der Waals surface area contributed by atoms with Crippen molar-refractivity contribution in [2.75, 3.05) is 30.4 Å². The van der Waals surface area contributed by atoms with E-state index in [2.05, 4.69) is 15.0 Å². The number of sulfonamides is 1. The highest BCUT2D eigenvalue weighted by Gasteiger charge is 2.38. The van der Waals surface area contributed by atoms with Gasteiger partial charge in [0, 0.05) is 11.9 Å². The number of esters is 2. The van der Waals surface area contributed by atoms with Gasteiger partial charge in [0.25, 0.3) is 10.0 Å². The maximum Gasteiger partial charge on any atom is 0.322 e. The Hall–Kier alpha value is -4.12. The van der Waals surface area contributed by atoms with Crippen molar-refractivity contribution in [3.63, 3.8) is 0 Å². The molecule has 0 aliphatic heterocycles. The molecule has 1 unspecified atom stereocenters. The Bertz CT molecular complexity index is 1260. The van der Waals surface area contributed by atoms with E-state index in [0.717, 1.165) is 0 Å². The lowest BCUT2D eigenvalue weighted by Gasteiger charge is -2.27. The molecular formula is C26H29N3O7S. The number of benzene rings is 2. The summed E-state index contributed by atoms with van der Waals surface area (Å²) in [6, 6.07) is 16.7. The van der Waals surface area contributed by atoms with Gasteiger partial charge in [0.05, 0.1) is 31.3 Å². The maximum absolute atomic E-state index is 12.9. The molecule has 0 aliphatic carbocycles. The largest absolute Gasteiger partial charge is 0.497 e. The first kappa shape index (κ1) is 27.5. The normalized spacial score (nSPS) is 11.9. The standard InChI is InChI=1S/C26H29N3O7S/c1-4-35-25(30)23(26(31)36-5-2)24(18-9-13-20(34-3)14-10-18)28-19-11-15-21(16-12-19)37(32,33)29-22-8-6-7-17-27-22/h6-17,23-24,28H,4-5H2,1-3H3,(H,27,29). The third kappa shape index (κ3) is 7.20. The van der Waals surface area contributed by atoms with Crippen LogP contribution in [0.4, 0.5) is 11.5 Å². The summed E-state index contributed by atoms with van der Waals surface area (Å²) in [4.78, 5) is 29.7. The highest BCUT2D eigenvalue weighted by Crippen LogP contribution is 2.31. The molecule has 37 heavy (non-hydrogen) atoms. The van der Waals surface area contributed by atoms with E-state index in [1.807, 2.05) is 0 Å². The number of aromatic nitrogens is 1. The smallest absolute Gasteiger partial charge is 0.322 e. The van der Waals surface area contributed by atoms with Gasteiger partial charge < -0.3 is 19.5 Å². The van der Waals surface area contributed by atoms with Gasteiger partial charge in [-0.15, -0.1) is 0 Å². The first-order chi connectivity index (χ1) is 17.8. The van der Waals surface area contributed by atoms with Gasteiger partial charge in [-0.25, -0.2) is 13.4 Å². The molecule has 0 spiro atoms. The van der Waals surface area contributed by atoms with Crippen LogP contribution in [-0.4, -0.2) is 45.7 Å². The Morgan fingerprint density at radius 3 is 2.03 bits per heavy atom. The van der Waals surface area contributed by atoms with E-state index in [1.165, 1.54) is 43.6 Å². The summed E-state index contributed by atoms with van der Waals surface area (Å²) < 4.78 is 43.5. The van der Waals surface area contributed by atoms with Crippen LogP contribution in [0.15, 0.2) is 77.8 Å². The molecule has 2 N–H and O–H groups in total. The third-order valence-electron chi connectivity index (χ3n) is 5.28. The van der Waals surface area contributed by atoms with Gasteiger partial charge in [-0.2, -0.15) is 0 Å². The number of carbonyl (C=O) groups is 2. The zero-order chi connectivity index (χ0) is 26.8. The molecule has 0 fully saturated rings. The van der Waals surface area contributed by atoms with Crippen LogP contribution in [-0.2, 0) is 29.1 Å². The van der Waals surface area contributed by atoms with Gasteiger partial charge >= 0.3 is 11.9 Å². The molecule has 3 aromatic rings. The number of anilines is 2. The molecule has 0 radical (unpaired) electrons. The second kappa shape index (κ2) is 12.7. The first-order valence-corrected chi connectivity index (χ1v) is 13.0. The van der Waals surface area contributed by atoms with Gasteiger partial charge in [0.15, 0.2) is 5.92 Å². The molecule has 0 amide bonds. The average molecular weight is 528 g/mol. The van der Waals surface area contributed by atoms with E-state index >= 15 is 0 Å². The highest BCUT2D eigenvalue weighted by molar-refractivity contribution is 7.92. The molecule has 10 nitrogen and oxygen atoms in total. The fourth-order valence-corrected chi connectivity index (χ4v) is 4.54. The summed E-state index contributed by atoms with van der Waals surface area (Å²) in [5.41, 5.74) is 1.07. The molecule has 0 saturated heterocycles. The van der Waals surface area contributed by atoms with Crippen molar-refractivity contribution in [3.8, 4) is 5.75 Å². The van der Waals surface area contributed by atoms with E-state index in [0.29, 0.717) is 17.0 Å². The fourth-order valence-electron chi connectivity index (χ4n) is 3.53. The zero-order valence-electron chi connectivity index (χ0n) is 20.7. The van der Waals surface area contributed by atoms with Crippen LogP contribution in [0.2, 0.25) is 0 Å². The molecule has 3 rings (SSSR count). The minimum atomic E-state index is -3.88. The number of rotatable bonds is 12. The van der Waals surface area contributed by atoms with E-state index in [4.69, 9.17) is 14.2 Å². The Morgan fingerprint density at radius 1 is 0.892 bits per heavy atom. The van der Waals surface area contributed by atoms with E-state index < -0.39 is 33.9 Å². The number of carbonyl (C=O) groups excluding carboxylic acids is 2. The van der Waals surface area contributed by atoms with E-state index in [1.54, 1.807) is 50.2 Å². The molecule has 0 saturated carbocycles. The summed E-state index contributed by atoms with van der Waals surface area (Å²) in [7, 11) is -2.35. The molecule has 2 aromatic carbocycles. The summed E-state index contributed by atoms with van der Waals surface area (Å²) in [6.45, 7) is 3.46. The third-order valence-corrected chi connectivity index (χ3v) is 6.65. The predicted octanol–water partition coefficient (Wildman–Crippen LogP) is 3.79. The van der Waals surface area contributed by atoms with Crippen LogP contribution in [0.5, 0.6) is 5.75 Å². The summed E-state index contributed by atoms with van der Waals surface area (Å²) in [5.74, 6) is -2.01. The Labute approximate surface area is 216 Å². The molecule has 196 valence electrons. The van der Waals surface area contributed by atoms with Crippen LogP contribution >= 0.6 is 0 Å².